The topological polar surface area (TPSA) is 68.0 Å². The van der Waals surface area contributed by atoms with E-state index in [9.17, 15) is 9.18 Å². The number of aromatic nitrogens is 2. The van der Waals surface area contributed by atoms with Gasteiger partial charge in [-0.1, -0.05) is 23.3 Å². The van der Waals surface area contributed by atoms with Gasteiger partial charge in [-0.2, -0.15) is 0 Å². The molecule has 0 spiro atoms. The molecule has 0 unspecified atom stereocenters. The molecule has 6 heteroatoms. The molecule has 0 atom stereocenters. The van der Waals surface area contributed by atoms with Gasteiger partial charge < -0.3 is 4.42 Å². The molecule has 0 aliphatic heterocycles. The lowest BCUT2D eigenvalue weighted by atomic mass is 9.90. The van der Waals surface area contributed by atoms with Crippen molar-refractivity contribution in [2.75, 3.05) is 5.32 Å². The van der Waals surface area contributed by atoms with Crippen LogP contribution >= 0.6 is 0 Å². The van der Waals surface area contributed by atoms with E-state index >= 15 is 0 Å². The van der Waals surface area contributed by atoms with Crippen LogP contribution in [-0.4, -0.2) is 16.1 Å². The van der Waals surface area contributed by atoms with Crippen molar-refractivity contribution < 1.29 is 13.6 Å². The summed E-state index contributed by atoms with van der Waals surface area (Å²) in [6.07, 6.45) is 4.56. The van der Waals surface area contributed by atoms with Crippen molar-refractivity contribution in [3.8, 4) is 11.5 Å². The zero-order valence-corrected chi connectivity index (χ0v) is 13.5. The third-order valence-electron chi connectivity index (χ3n) is 4.36. The number of hydrogen-bond acceptors (Lipinski definition) is 4. The molecule has 25 heavy (non-hydrogen) atoms. The Morgan fingerprint density at radius 3 is 2.68 bits per heavy atom. The normalized spacial score (nSPS) is 13.3. The lowest BCUT2D eigenvalue weighted by Crippen LogP contribution is -2.13. The Morgan fingerprint density at radius 2 is 1.84 bits per heavy atom. The minimum absolute atomic E-state index is 0.0547. The van der Waals surface area contributed by atoms with Crippen LogP contribution in [0.25, 0.3) is 11.5 Å². The van der Waals surface area contributed by atoms with Crippen molar-refractivity contribution in [3.05, 3.63) is 65.0 Å². The average Bonchev–Trinajstić information content (AvgIpc) is 3.10. The zero-order valence-electron chi connectivity index (χ0n) is 13.5. The van der Waals surface area contributed by atoms with Crippen LogP contribution in [0.4, 0.5) is 10.4 Å². The maximum absolute atomic E-state index is 13.6. The molecule has 1 aromatic heterocycles. The van der Waals surface area contributed by atoms with E-state index in [-0.39, 0.29) is 11.6 Å². The Balaban J connectivity index is 1.54. The molecule has 0 bridgehead atoms. The van der Waals surface area contributed by atoms with E-state index in [1.807, 2.05) is 6.07 Å². The van der Waals surface area contributed by atoms with Gasteiger partial charge in [-0.25, -0.2) is 4.39 Å². The predicted molar refractivity (Wildman–Crippen MR) is 90.7 cm³/mol. The number of benzene rings is 2. The standard InChI is InChI=1S/C19H16FN3O2/c20-16-8-4-3-7-15(16)17(24)21-19-23-22-18(25-19)14-10-9-12-5-1-2-6-13(12)11-14/h3-4,7-11H,1-2,5-6H2,(H,21,23,24). The number of amides is 1. The van der Waals surface area contributed by atoms with Gasteiger partial charge in [-0.3, -0.25) is 10.1 Å². The van der Waals surface area contributed by atoms with Crippen molar-refractivity contribution >= 4 is 11.9 Å². The average molecular weight is 337 g/mol. The molecular formula is C19H16FN3O2. The van der Waals surface area contributed by atoms with Crippen molar-refractivity contribution in [1.82, 2.24) is 10.2 Å². The Labute approximate surface area is 143 Å². The molecule has 3 aromatic rings. The van der Waals surface area contributed by atoms with E-state index in [1.165, 1.54) is 42.2 Å². The fraction of sp³-hybridized carbons (Fsp3) is 0.211. The van der Waals surface area contributed by atoms with Gasteiger partial charge in [0, 0.05) is 5.56 Å². The second-order valence-electron chi connectivity index (χ2n) is 6.04. The maximum Gasteiger partial charge on any atom is 0.322 e. The predicted octanol–water partition coefficient (Wildman–Crippen LogP) is 4.01. The molecule has 1 N–H and O–H groups in total. The number of nitrogens with zero attached hydrogens (tertiary/aromatic N) is 2. The first-order valence-electron chi connectivity index (χ1n) is 8.22. The molecule has 4 rings (SSSR count). The number of fused-ring (bicyclic) bond motifs is 1. The van der Waals surface area contributed by atoms with Crippen LogP contribution in [0.5, 0.6) is 0 Å². The third-order valence-corrected chi connectivity index (χ3v) is 4.36. The van der Waals surface area contributed by atoms with Crippen LogP contribution in [0.2, 0.25) is 0 Å². The summed E-state index contributed by atoms with van der Waals surface area (Å²) in [6.45, 7) is 0. The number of anilines is 1. The molecule has 1 amide bonds. The molecule has 2 aromatic carbocycles. The second kappa shape index (κ2) is 6.47. The van der Waals surface area contributed by atoms with Crippen LogP contribution in [0.3, 0.4) is 0 Å². The van der Waals surface area contributed by atoms with E-state index in [1.54, 1.807) is 6.07 Å². The summed E-state index contributed by atoms with van der Waals surface area (Å²) in [6, 6.07) is 11.8. The molecule has 1 heterocycles. The van der Waals surface area contributed by atoms with Gasteiger partial charge in [-0.15, -0.1) is 5.10 Å². The van der Waals surface area contributed by atoms with E-state index < -0.39 is 11.7 Å². The fourth-order valence-electron chi connectivity index (χ4n) is 3.07. The molecule has 0 fully saturated rings. The third kappa shape index (κ3) is 3.15. The Bertz CT molecular complexity index is 936. The lowest BCUT2D eigenvalue weighted by Gasteiger charge is -2.15. The minimum Gasteiger partial charge on any atom is -0.403 e. The molecule has 0 saturated heterocycles. The number of rotatable bonds is 3. The number of halogens is 1. The molecule has 1 aliphatic rings. The molecular weight excluding hydrogens is 321 g/mol. The van der Waals surface area contributed by atoms with Crippen molar-refractivity contribution in [2.45, 2.75) is 25.7 Å². The van der Waals surface area contributed by atoms with Crippen molar-refractivity contribution in [2.24, 2.45) is 0 Å². The van der Waals surface area contributed by atoms with Gasteiger partial charge >= 0.3 is 6.01 Å². The summed E-state index contributed by atoms with van der Waals surface area (Å²) in [4.78, 5) is 12.1. The van der Waals surface area contributed by atoms with Gasteiger partial charge in [0.15, 0.2) is 0 Å². The van der Waals surface area contributed by atoms with Gasteiger partial charge in [0.1, 0.15) is 5.82 Å². The van der Waals surface area contributed by atoms with Gasteiger partial charge in [-0.05, 0) is 61.1 Å². The maximum atomic E-state index is 13.6. The van der Waals surface area contributed by atoms with E-state index in [2.05, 4.69) is 27.6 Å². The summed E-state index contributed by atoms with van der Waals surface area (Å²) < 4.78 is 19.2. The second-order valence-corrected chi connectivity index (χ2v) is 6.04. The van der Waals surface area contributed by atoms with E-state index in [0.29, 0.717) is 5.89 Å². The smallest absolute Gasteiger partial charge is 0.322 e. The highest BCUT2D eigenvalue weighted by Gasteiger charge is 2.17. The minimum atomic E-state index is -0.626. The highest BCUT2D eigenvalue weighted by molar-refractivity contribution is 6.03. The summed E-state index contributed by atoms with van der Waals surface area (Å²) in [5.41, 5.74) is 3.41. The van der Waals surface area contributed by atoms with Crippen LogP contribution in [-0.2, 0) is 12.8 Å². The molecule has 0 radical (unpaired) electrons. The largest absolute Gasteiger partial charge is 0.403 e. The highest BCUT2D eigenvalue weighted by atomic mass is 19.1. The lowest BCUT2D eigenvalue weighted by molar-refractivity contribution is 0.102. The number of nitrogens with one attached hydrogen (secondary N) is 1. The summed E-state index contributed by atoms with van der Waals surface area (Å²) >= 11 is 0. The van der Waals surface area contributed by atoms with Crippen LogP contribution in [0.1, 0.15) is 34.3 Å². The molecule has 5 nitrogen and oxygen atoms in total. The van der Waals surface area contributed by atoms with Crippen LogP contribution in [0.15, 0.2) is 46.9 Å². The summed E-state index contributed by atoms with van der Waals surface area (Å²) in [5.74, 6) is -0.898. The van der Waals surface area contributed by atoms with E-state index in [0.717, 1.165) is 18.4 Å². The first kappa shape index (κ1) is 15.5. The molecule has 1 aliphatic carbocycles. The Hall–Kier alpha value is -3.02. The SMILES string of the molecule is O=C(Nc1nnc(-c2ccc3c(c2)CCCC3)o1)c1ccccc1F. The quantitative estimate of drug-likeness (QED) is 0.784. The molecule has 0 saturated carbocycles. The van der Waals surface area contributed by atoms with Crippen LogP contribution < -0.4 is 5.32 Å². The van der Waals surface area contributed by atoms with Crippen molar-refractivity contribution in [3.63, 3.8) is 0 Å². The molecule has 126 valence electrons. The number of hydrogen-bond donors (Lipinski definition) is 1. The van der Waals surface area contributed by atoms with Gasteiger partial charge in [0.2, 0.25) is 5.89 Å². The van der Waals surface area contributed by atoms with Gasteiger partial charge in [0.05, 0.1) is 5.56 Å². The number of carbonyl (C=O) groups excluding carboxylic acids is 1. The Morgan fingerprint density at radius 1 is 1.04 bits per heavy atom. The van der Waals surface area contributed by atoms with Crippen molar-refractivity contribution in [1.29, 1.82) is 0 Å². The number of aryl methyl sites for hydroxylation is 2. The summed E-state index contributed by atoms with van der Waals surface area (Å²) in [5, 5.41) is 10.2. The highest BCUT2D eigenvalue weighted by Crippen LogP contribution is 2.27. The van der Waals surface area contributed by atoms with Gasteiger partial charge in [0.25, 0.3) is 5.91 Å². The monoisotopic (exact) mass is 337 g/mol. The zero-order chi connectivity index (χ0) is 17.2. The summed E-state index contributed by atoms with van der Waals surface area (Å²) in [7, 11) is 0. The first-order valence-corrected chi connectivity index (χ1v) is 8.22. The number of carbonyl (C=O) groups is 1. The Kier molecular flexibility index (Phi) is 4.01. The first-order chi connectivity index (χ1) is 12.2. The van der Waals surface area contributed by atoms with E-state index in [4.69, 9.17) is 4.42 Å². The fourth-order valence-corrected chi connectivity index (χ4v) is 3.07. The van der Waals surface area contributed by atoms with Crippen LogP contribution in [0, 0.1) is 5.82 Å².